The van der Waals surface area contributed by atoms with Gasteiger partial charge >= 0.3 is 0 Å². The number of hydrogen-bond donors (Lipinski definition) is 0. The fourth-order valence-electron chi connectivity index (χ4n) is 1.58. The van der Waals surface area contributed by atoms with Gasteiger partial charge < -0.3 is 0 Å². The van der Waals surface area contributed by atoms with Crippen molar-refractivity contribution in [1.29, 1.82) is 0 Å². The lowest BCUT2D eigenvalue weighted by atomic mass is 9.96. The first-order chi connectivity index (χ1) is 6.38. The van der Waals surface area contributed by atoms with Crippen molar-refractivity contribution in [2.45, 2.75) is 32.6 Å². The van der Waals surface area contributed by atoms with Crippen LogP contribution in [0.2, 0.25) is 0 Å². The molecule has 0 N–H and O–H groups in total. The van der Waals surface area contributed by atoms with Crippen LogP contribution in [0, 0.1) is 0 Å². The molecule has 70 valence electrons. The molecule has 0 aromatic carbocycles. The summed E-state index contributed by atoms with van der Waals surface area (Å²) in [6.07, 6.45) is 12.7. The van der Waals surface area contributed by atoms with Gasteiger partial charge in [-0.25, -0.2) is 0 Å². The van der Waals surface area contributed by atoms with Gasteiger partial charge in [0.2, 0.25) is 0 Å². The van der Waals surface area contributed by atoms with Gasteiger partial charge in [-0.05, 0) is 38.2 Å². The SMILES string of the molecule is C=C/C=C\C1=C(N=CC)CCCC1. The Bertz CT molecular complexity index is 256. The summed E-state index contributed by atoms with van der Waals surface area (Å²) in [6, 6.07) is 0. The molecule has 1 aliphatic rings. The van der Waals surface area contributed by atoms with Crippen molar-refractivity contribution in [3.05, 3.63) is 36.1 Å². The Morgan fingerprint density at radius 2 is 2.08 bits per heavy atom. The molecule has 0 saturated carbocycles. The molecule has 0 heterocycles. The average Bonchev–Trinajstić information content (AvgIpc) is 2.17. The van der Waals surface area contributed by atoms with Crippen LogP contribution < -0.4 is 0 Å². The molecular weight excluding hydrogens is 158 g/mol. The summed E-state index contributed by atoms with van der Waals surface area (Å²) in [5.41, 5.74) is 2.64. The predicted octanol–water partition coefficient (Wildman–Crippen LogP) is 3.65. The van der Waals surface area contributed by atoms with Gasteiger partial charge in [0, 0.05) is 11.9 Å². The van der Waals surface area contributed by atoms with Crippen molar-refractivity contribution >= 4 is 6.21 Å². The summed E-state index contributed by atoms with van der Waals surface area (Å²) in [5.74, 6) is 0. The topological polar surface area (TPSA) is 12.4 Å². The Morgan fingerprint density at radius 1 is 1.31 bits per heavy atom. The van der Waals surface area contributed by atoms with E-state index in [9.17, 15) is 0 Å². The summed E-state index contributed by atoms with van der Waals surface area (Å²) in [4.78, 5) is 4.39. The standard InChI is InChI=1S/C12H17N/c1-3-5-8-11-9-6-7-10-12(11)13-4-2/h3-5,8H,1,6-7,9-10H2,2H3/b8-5-,13-4?. The van der Waals surface area contributed by atoms with Gasteiger partial charge in [-0.3, -0.25) is 4.99 Å². The van der Waals surface area contributed by atoms with Gasteiger partial charge in [-0.1, -0.05) is 24.8 Å². The van der Waals surface area contributed by atoms with E-state index in [0.717, 1.165) is 12.8 Å². The highest BCUT2D eigenvalue weighted by atomic mass is 14.7. The molecule has 1 heteroatoms. The molecule has 0 bridgehead atoms. The van der Waals surface area contributed by atoms with Crippen LogP contribution in [0.5, 0.6) is 0 Å². The first kappa shape index (κ1) is 9.97. The minimum Gasteiger partial charge on any atom is -0.266 e. The molecule has 0 saturated heterocycles. The lowest BCUT2D eigenvalue weighted by Crippen LogP contribution is -1.96. The molecule has 13 heavy (non-hydrogen) atoms. The molecule has 1 nitrogen and oxygen atoms in total. The molecule has 1 aliphatic carbocycles. The molecule has 0 unspecified atom stereocenters. The van der Waals surface area contributed by atoms with Gasteiger partial charge in [0.25, 0.3) is 0 Å². The Labute approximate surface area is 80.6 Å². The number of hydrogen-bond acceptors (Lipinski definition) is 1. The van der Waals surface area contributed by atoms with Crippen LogP contribution in [0.4, 0.5) is 0 Å². The highest BCUT2D eigenvalue weighted by Gasteiger charge is 2.08. The van der Waals surface area contributed by atoms with Crippen LogP contribution in [0.15, 0.2) is 41.1 Å². The number of nitrogens with zero attached hydrogens (tertiary/aromatic N) is 1. The molecule has 0 aromatic heterocycles. The van der Waals surface area contributed by atoms with Gasteiger partial charge in [0.1, 0.15) is 0 Å². The second-order valence-electron chi connectivity index (χ2n) is 3.16. The highest BCUT2D eigenvalue weighted by Crippen LogP contribution is 2.26. The molecule has 0 atom stereocenters. The van der Waals surface area contributed by atoms with Crippen molar-refractivity contribution in [2.24, 2.45) is 4.99 Å². The first-order valence-corrected chi connectivity index (χ1v) is 4.88. The predicted molar refractivity (Wildman–Crippen MR) is 59.0 cm³/mol. The van der Waals surface area contributed by atoms with E-state index in [-0.39, 0.29) is 0 Å². The van der Waals surface area contributed by atoms with Crippen LogP contribution in [0.3, 0.4) is 0 Å². The maximum absolute atomic E-state index is 4.39. The number of aliphatic imine (C=N–C) groups is 1. The maximum Gasteiger partial charge on any atom is 0.0431 e. The molecule has 0 fully saturated rings. The molecule has 0 spiro atoms. The zero-order valence-corrected chi connectivity index (χ0v) is 8.29. The molecular formula is C12H17N. The highest BCUT2D eigenvalue weighted by molar-refractivity contribution is 5.56. The molecule has 0 radical (unpaired) electrons. The van der Waals surface area contributed by atoms with Crippen molar-refractivity contribution in [1.82, 2.24) is 0 Å². The monoisotopic (exact) mass is 175 g/mol. The Hall–Kier alpha value is -1.11. The second kappa shape index (κ2) is 5.52. The van der Waals surface area contributed by atoms with E-state index < -0.39 is 0 Å². The van der Waals surface area contributed by atoms with Crippen LogP contribution in [0.25, 0.3) is 0 Å². The minimum absolute atomic E-state index is 1.13. The van der Waals surface area contributed by atoms with Crippen LogP contribution in [-0.4, -0.2) is 6.21 Å². The first-order valence-electron chi connectivity index (χ1n) is 4.88. The van der Waals surface area contributed by atoms with Gasteiger partial charge in [0.05, 0.1) is 0 Å². The van der Waals surface area contributed by atoms with Crippen LogP contribution >= 0.6 is 0 Å². The summed E-state index contributed by atoms with van der Waals surface area (Å²) < 4.78 is 0. The second-order valence-corrected chi connectivity index (χ2v) is 3.16. The fourth-order valence-corrected chi connectivity index (χ4v) is 1.58. The third-order valence-corrected chi connectivity index (χ3v) is 2.20. The fraction of sp³-hybridized carbons (Fsp3) is 0.417. The van der Waals surface area contributed by atoms with E-state index in [2.05, 4.69) is 17.6 Å². The lowest BCUT2D eigenvalue weighted by Gasteiger charge is -2.14. The summed E-state index contributed by atoms with van der Waals surface area (Å²) >= 11 is 0. The molecule has 1 rings (SSSR count). The van der Waals surface area contributed by atoms with E-state index >= 15 is 0 Å². The van der Waals surface area contributed by atoms with Crippen molar-refractivity contribution in [3.8, 4) is 0 Å². The number of rotatable bonds is 3. The van der Waals surface area contributed by atoms with Crippen molar-refractivity contribution < 1.29 is 0 Å². The van der Waals surface area contributed by atoms with Gasteiger partial charge in [0.15, 0.2) is 0 Å². The van der Waals surface area contributed by atoms with Crippen molar-refractivity contribution in [2.75, 3.05) is 0 Å². The largest absolute Gasteiger partial charge is 0.266 e. The maximum atomic E-state index is 4.39. The Morgan fingerprint density at radius 3 is 2.77 bits per heavy atom. The summed E-state index contributed by atoms with van der Waals surface area (Å²) in [7, 11) is 0. The third-order valence-electron chi connectivity index (χ3n) is 2.20. The Kier molecular flexibility index (Phi) is 4.24. The van der Waals surface area contributed by atoms with E-state index in [1.807, 2.05) is 25.3 Å². The van der Waals surface area contributed by atoms with Gasteiger partial charge in [-0.15, -0.1) is 0 Å². The normalized spacial score (nSPS) is 18.8. The minimum atomic E-state index is 1.13. The van der Waals surface area contributed by atoms with Crippen LogP contribution in [0.1, 0.15) is 32.6 Å². The summed E-state index contributed by atoms with van der Waals surface area (Å²) in [5, 5.41) is 0. The zero-order chi connectivity index (χ0) is 9.52. The van der Waals surface area contributed by atoms with E-state index in [1.165, 1.54) is 24.1 Å². The quantitative estimate of drug-likeness (QED) is 0.458. The van der Waals surface area contributed by atoms with E-state index in [4.69, 9.17) is 0 Å². The Balaban J connectivity index is 2.82. The lowest BCUT2D eigenvalue weighted by molar-refractivity contribution is 0.678. The van der Waals surface area contributed by atoms with Crippen LogP contribution in [-0.2, 0) is 0 Å². The number of allylic oxidation sites excluding steroid dienone is 5. The average molecular weight is 175 g/mol. The smallest absolute Gasteiger partial charge is 0.0431 e. The van der Waals surface area contributed by atoms with E-state index in [1.54, 1.807) is 0 Å². The molecule has 0 aliphatic heterocycles. The van der Waals surface area contributed by atoms with E-state index in [0.29, 0.717) is 0 Å². The summed E-state index contributed by atoms with van der Waals surface area (Å²) in [6.45, 7) is 5.64. The van der Waals surface area contributed by atoms with Crippen molar-refractivity contribution in [3.63, 3.8) is 0 Å². The molecule has 0 amide bonds. The third kappa shape index (κ3) is 3.02. The molecule has 0 aromatic rings. The zero-order valence-electron chi connectivity index (χ0n) is 8.29. The van der Waals surface area contributed by atoms with Gasteiger partial charge in [-0.2, -0.15) is 0 Å².